The zero-order valence-corrected chi connectivity index (χ0v) is 16.7. The topological polar surface area (TPSA) is 36.9 Å². The Morgan fingerprint density at radius 3 is 1.65 bits per heavy atom. The SMILES string of the molecule is CC.CC.Cc1ccc2c(c1)OC=CO2.Cc1ccc2c(c1)OCCO2. The number of hydrogen-bond donors (Lipinski definition) is 0. The highest BCUT2D eigenvalue weighted by Gasteiger charge is 2.09. The molecule has 0 fully saturated rings. The van der Waals surface area contributed by atoms with E-state index in [2.05, 4.69) is 0 Å². The molecule has 0 unspecified atom stereocenters. The van der Waals surface area contributed by atoms with Gasteiger partial charge in [0, 0.05) is 0 Å². The molecule has 0 saturated heterocycles. The van der Waals surface area contributed by atoms with E-state index in [9.17, 15) is 0 Å². The van der Waals surface area contributed by atoms with Crippen LogP contribution in [0, 0.1) is 13.8 Å². The molecule has 142 valence electrons. The second-order valence-corrected chi connectivity index (χ2v) is 5.11. The van der Waals surface area contributed by atoms with E-state index >= 15 is 0 Å². The standard InChI is InChI=1S/C9H10O2.C9H8O2.2C2H6/c2*1-7-2-3-8-9(6-7)11-5-4-10-8;2*1-2/h2-3,6H,4-5H2,1H3;2-6H,1H3;2*1-2H3. The van der Waals surface area contributed by atoms with Crippen molar-refractivity contribution in [2.45, 2.75) is 41.5 Å². The van der Waals surface area contributed by atoms with Crippen LogP contribution in [-0.4, -0.2) is 13.2 Å². The maximum atomic E-state index is 5.38. The van der Waals surface area contributed by atoms with E-state index in [1.165, 1.54) is 23.7 Å². The number of rotatable bonds is 0. The molecule has 0 spiro atoms. The lowest BCUT2D eigenvalue weighted by molar-refractivity contribution is 0.171. The van der Waals surface area contributed by atoms with Crippen molar-refractivity contribution < 1.29 is 18.9 Å². The van der Waals surface area contributed by atoms with Gasteiger partial charge < -0.3 is 18.9 Å². The number of benzene rings is 2. The molecular weight excluding hydrogens is 328 g/mol. The van der Waals surface area contributed by atoms with Crippen LogP contribution in [0.25, 0.3) is 0 Å². The quantitative estimate of drug-likeness (QED) is 0.574. The maximum Gasteiger partial charge on any atom is 0.169 e. The summed E-state index contributed by atoms with van der Waals surface area (Å²) in [5.74, 6) is 3.30. The van der Waals surface area contributed by atoms with E-state index in [0.29, 0.717) is 13.2 Å². The fourth-order valence-corrected chi connectivity index (χ4v) is 2.16. The molecule has 0 aliphatic carbocycles. The van der Waals surface area contributed by atoms with Crippen molar-refractivity contribution in [2.24, 2.45) is 0 Å². The lowest BCUT2D eigenvalue weighted by atomic mass is 10.2. The fourth-order valence-electron chi connectivity index (χ4n) is 2.16. The Hall–Kier alpha value is -2.62. The third kappa shape index (κ3) is 6.36. The summed E-state index contributed by atoms with van der Waals surface area (Å²) >= 11 is 0. The molecule has 4 rings (SSSR count). The smallest absolute Gasteiger partial charge is 0.169 e. The fraction of sp³-hybridized carbons (Fsp3) is 0.364. The first kappa shape index (κ1) is 21.4. The van der Waals surface area contributed by atoms with Crippen LogP contribution in [0.4, 0.5) is 0 Å². The lowest BCUT2D eigenvalue weighted by Crippen LogP contribution is -2.15. The second kappa shape index (κ2) is 11.9. The largest absolute Gasteiger partial charge is 0.486 e. The first-order chi connectivity index (χ1) is 12.7. The zero-order valence-electron chi connectivity index (χ0n) is 16.7. The molecule has 2 aromatic rings. The monoisotopic (exact) mass is 358 g/mol. The number of aryl methyl sites for hydroxylation is 2. The van der Waals surface area contributed by atoms with Gasteiger partial charge in [0.2, 0.25) is 0 Å². The van der Waals surface area contributed by atoms with Crippen LogP contribution in [0.2, 0.25) is 0 Å². The summed E-state index contributed by atoms with van der Waals surface area (Å²) in [5, 5.41) is 0. The van der Waals surface area contributed by atoms with Crippen LogP contribution >= 0.6 is 0 Å². The minimum absolute atomic E-state index is 0.663. The number of ether oxygens (including phenoxy) is 4. The van der Waals surface area contributed by atoms with Crippen molar-refractivity contribution in [3.8, 4) is 23.0 Å². The normalized spacial score (nSPS) is 12.2. The summed E-state index contributed by atoms with van der Waals surface area (Å²) < 4.78 is 21.1. The van der Waals surface area contributed by atoms with E-state index in [-0.39, 0.29) is 0 Å². The molecular formula is C22H30O4. The van der Waals surface area contributed by atoms with Gasteiger partial charge in [-0.05, 0) is 49.2 Å². The molecule has 0 amide bonds. The molecule has 2 aliphatic rings. The molecule has 0 aromatic heterocycles. The highest BCUT2D eigenvalue weighted by Crippen LogP contribution is 2.31. The molecule has 2 aliphatic heterocycles. The Morgan fingerprint density at radius 2 is 1.04 bits per heavy atom. The molecule has 2 aromatic carbocycles. The summed E-state index contributed by atoms with van der Waals surface area (Å²) in [4.78, 5) is 0. The predicted molar refractivity (Wildman–Crippen MR) is 106 cm³/mol. The summed E-state index contributed by atoms with van der Waals surface area (Å²) in [6, 6.07) is 11.8. The Kier molecular flexibility index (Phi) is 9.77. The van der Waals surface area contributed by atoms with Gasteiger partial charge >= 0.3 is 0 Å². The predicted octanol–water partition coefficient (Wildman–Crippen LogP) is 6.06. The third-order valence-electron chi connectivity index (χ3n) is 3.24. The van der Waals surface area contributed by atoms with Gasteiger partial charge in [0.15, 0.2) is 23.0 Å². The van der Waals surface area contributed by atoms with Crippen LogP contribution in [0.3, 0.4) is 0 Å². The molecule has 0 saturated carbocycles. The van der Waals surface area contributed by atoms with Crippen LogP contribution in [0.5, 0.6) is 23.0 Å². The zero-order chi connectivity index (χ0) is 19.4. The molecule has 4 nitrogen and oxygen atoms in total. The molecule has 0 N–H and O–H groups in total. The van der Waals surface area contributed by atoms with E-state index < -0.39 is 0 Å². The van der Waals surface area contributed by atoms with E-state index in [1.54, 1.807) is 0 Å². The van der Waals surface area contributed by atoms with E-state index in [1.807, 2.05) is 77.9 Å². The summed E-state index contributed by atoms with van der Waals surface area (Å²) in [5.41, 5.74) is 2.37. The average Bonchev–Trinajstić information content (AvgIpc) is 2.71. The van der Waals surface area contributed by atoms with Crippen LogP contribution in [0.1, 0.15) is 38.8 Å². The van der Waals surface area contributed by atoms with E-state index in [0.717, 1.165) is 23.0 Å². The molecule has 0 bridgehead atoms. The van der Waals surface area contributed by atoms with Gasteiger partial charge in [0.1, 0.15) is 25.7 Å². The van der Waals surface area contributed by atoms with Gasteiger partial charge in [0.25, 0.3) is 0 Å². The van der Waals surface area contributed by atoms with Crippen molar-refractivity contribution in [1.82, 2.24) is 0 Å². The Morgan fingerprint density at radius 1 is 0.577 bits per heavy atom. The third-order valence-corrected chi connectivity index (χ3v) is 3.24. The lowest BCUT2D eigenvalue weighted by Gasteiger charge is -2.18. The molecule has 2 heterocycles. The van der Waals surface area contributed by atoms with Gasteiger partial charge in [-0.3, -0.25) is 0 Å². The van der Waals surface area contributed by atoms with Gasteiger partial charge in [-0.25, -0.2) is 0 Å². The highest BCUT2D eigenvalue weighted by molar-refractivity contribution is 5.44. The minimum Gasteiger partial charge on any atom is -0.486 e. The average molecular weight is 358 g/mol. The molecule has 0 radical (unpaired) electrons. The van der Waals surface area contributed by atoms with Crippen LogP contribution < -0.4 is 18.9 Å². The van der Waals surface area contributed by atoms with Crippen molar-refractivity contribution in [2.75, 3.05) is 13.2 Å². The van der Waals surface area contributed by atoms with Crippen molar-refractivity contribution in [1.29, 1.82) is 0 Å². The minimum atomic E-state index is 0.663. The molecule has 4 heteroatoms. The Labute approximate surface area is 157 Å². The Bertz CT molecular complexity index is 693. The summed E-state index contributed by atoms with van der Waals surface area (Å²) in [6.45, 7) is 13.4. The van der Waals surface area contributed by atoms with Crippen molar-refractivity contribution in [3.63, 3.8) is 0 Å². The van der Waals surface area contributed by atoms with Crippen LogP contribution in [0.15, 0.2) is 48.9 Å². The summed E-state index contributed by atoms with van der Waals surface area (Å²) in [6.07, 6.45) is 3.06. The van der Waals surface area contributed by atoms with Gasteiger partial charge in [0.05, 0.1) is 0 Å². The van der Waals surface area contributed by atoms with Crippen molar-refractivity contribution >= 4 is 0 Å². The second-order valence-electron chi connectivity index (χ2n) is 5.11. The molecule has 0 atom stereocenters. The number of fused-ring (bicyclic) bond motifs is 2. The Balaban J connectivity index is 0.000000219. The van der Waals surface area contributed by atoms with Gasteiger partial charge in [-0.2, -0.15) is 0 Å². The van der Waals surface area contributed by atoms with Gasteiger partial charge in [-0.1, -0.05) is 39.8 Å². The maximum absolute atomic E-state index is 5.38. The summed E-state index contributed by atoms with van der Waals surface area (Å²) in [7, 11) is 0. The van der Waals surface area contributed by atoms with E-state index in [4.69, 9.17) is 18.9 Å². The molecule has 26 heavy (non-hydrogen) atoms. The van der Waals surface area contributed by atoms with Crippen LogP contribution in [-0.2, 0) is 0 Å². The first-order valence-corrected chi connectivity index (χ1v) is 9.17. The highest BCUT2D eigenvalue weighted by atomic mass is 16.6. The van der Waals surface area contributed by atoms with Crippen molar-refractivity contribution in [3.05, 3.63) is 60.0 Å². The first-order valence-electron chi connectivity index (χ1n) is 9.17. The number of hydrogen-bond acceptors (Lipinski definition) is 4. The van der Waals surface area contributed by atoms with Gasteiger partial charge in [-0.15, -0.1) is 0 Å².